The number of carbonyl (C=O) groups is 2. The van der Waals surface area contributed by atoms with Crippen molar-refractivity contribution >= 4 is 11.8 Å². The first-order valence-corrected chi connectivity index (χ1v) is 9.10. The topological polar surface area (TPSA) is 58.4 Å². The van der Waals surface area contributed by atoms with Crippen LogP contribution in [-0.4, -0.2) is 56.8 Å². The molecule has 0 spiro atoms. The average Bonchev–Trinajstić information content (AvgIpc) is 3.09. The zero-order valence-electron chi connectivity index (χ0n) is 14.7. The molecule has 0 saturated carbocycles. The molecule has 6 nitrogen and oxygen atoms in total. The third-order valence-electron chi connectivity index (χ3n) is 5.32. The number of hydrogen-bond acceptors (Lipinski definition) is 3. The Morgan fingerprint density at radius 3 is 2.88 bits per heavy atom. The lowest BCUT2D eigenvalue weighted by molar-refractivity contribution is -0.145. The minimum Gasteiger partial charge on any atom is -0.342 e. The largest absolute Gasteiger partial charge is 0.342 e. The smallest absolute Gasteiger partial charge is 0.225 e. The van der Waals surface area contributed by atoms with Crippen LogP contribution < -0.4 is 0 Å². The van der Waals surface area contributed by atoms with Gasteiger partial charge < -0.3 is 14.4 Å². The first-order valence-electron chi connectivity index (χ1n) is 9.10. The van der Waals surface area contributed by atoms with E-state index in [0.29, 0.717) is 18.4 Å². The molecule has 1 aromatic rings. The Hall–Kier alpha value is -1.85. The van der Waals surface area contributed by atoms with Gasteiger partial charge in [0.2, 0.25) is 11.8 Å². The number of piperidine rings is 2. The number of hydrogen-bond donors (Lipinski definition) is 0. The van der Waals surface area contributed by atoms with E-state index in [1.54, 1.807) is 6.20 Å². The van der Waals surface area contributed by atoms with Gasteiger partial charge >= 0.3 is 0 Å². The highest BCUT2D eigenvalue weighted by Gasteiger charge is 2.40. The summed E-state index contributed by atoms with van der Waals surface area (Å²) in [5.74, 6) is 1.02. The van der Waals surface area contributed by atoms with Crippen LogP contribution in [0.2, 0.25) is 0 Å². The lowest BCUT2D eigenvalue weighted by atomic mass is 9.83. The highest BCUT2D eigenvalue weighted by Crippen LogP contribution is 2.32. The highest BCUT2D eigenvalue weighted by atomic mass is 16.2. The van der Waals surface area contributed by atoms with E-state index in [1.807, 2.05) is 31.3 Å². The molecule has 0 aromatic carbocycles. The Bertz CT molecular complexity index is 570. The van der Waals surface area contributed by atoms with Gasteiger partial charge in [-0.2, -0.15) is 0 Å². The molecule has 0 N–H and O–H groups in total. The van der Waals surface area contributed by atoms with Gasteiger partial charge in [-0.15, -0.1) is 0 Å². The van der Waals surface area contributed by atoms with Gasteiger partial charge in [0.1, 0.15) is 0 Å². The van der Waals surface area contributed by atoms with Gasteiger partial charge in [-0.1, -0.05) is 13.8 Å². The molecule has 2 aliphatic heterocycles. The van der Waals surface area contributed by atoms with Gasteiger partial charge in [-0.3, -0.25) is 9.59 Å². The van der Waals surface area contributed by atoms with Crippen molar-refractivity contribution in [2.45, 2.75) is 52.1 Å². The van der Waals surface area contributed by atoms with Crippen LogP contribution in [0.1, 0.15) is 39.5 Å². The van der Waals surface area contributed by atoms with E-state index in [0.717, 1.165) is 45.4 Å². The Labute approximate surface area is 143 Å². The summed E-state index contributed by atoms with van der Waals surface area (Å²) in [5, 5.41) is 0. The lowest BCUT2D eigenvalue weighted by Gasteiger charge is -2.47. The second kappa shape index (κ2) is 7.36. The molecule has 0 radical (unpaired) electrons. The summed E-state index contributed by atoms with van der Waals surface area (Å²) < 4.78 is 2.05. The number of aryl methyl sites for hydroxylation is 1. The van der Waals surface area contributed by atoms with Gasteiger partial charge in [-0.25, -0.2) is 4.98 Å². The Morgan fingerprint density at radius 2 is 2.17 bits per heavy atom. The van der Waals surface area contributed by atoms with Crippen molar-refractivity contribution in [3.63, 3.8) is 0 Å². The fourth-order valence-corrected chi connectivity index (χ4v) is 4.05. The Balaban J connectivity index is 1.57. The van der Waals surface area contributed by atoms with Gasteiger partial charge in [-0.05, 0) is 25.2 Å². The Morgan fingerprint density at radius 1 is 1.33 bits per heavy atom. The number of nitrogens with zero attached hydrogens (tertiary/aromatic N) is 4. The third kappa shape index (κ3) is 3.62. The quantitative estimate of drug-likeness (QED) is 0.826. The molecule has 2 fully saturated rings. The fourth-order valence-electron chi connectivity index (χ4n) is 4.05. The second-order valence-corrected chi connectivity index (χ2v) is 7.33. The Kier molecular flexibility index (Phi) is 5.21. The second-order valence-electron chi connectivity index (χ2n) is 7.33. The highest BCUT2D eigenvalue weighted by molar-refractivity contribution is 5.79. The van der Waals surface area contributed by atoms with Crippen molar-refractivity contribution in [1.82, 2.24) is 19.4 Å². The van der Waals surface area contributed by atoms with Gasteiger partial charge in [0.25, 0.3) is 0 Å². The van der Waals surface area contributed by atoms with Crippen LogP contribution in [0.5, 0.6) is 0 Å². The van der Waals surface area contributed by atoms with Crippen LogP contribution in [-0.2, 0) is 16.1 Å². The molecule has 1 aromatic heterocycles. The number of rotatable bonds is 5. The molecule has 2 saturated heterocycles. The van der Waals surface area contributed by atoms with Gasteiger partial charge in [0, 0.05) is 57.0 Å². The number of amides is 2. The molecule has 0 aliphatic carbocycles. The summed E-state index contributed by atoms with van der Waals surface area (Å²) in [6, 6.07) is 0.310. The van der Waals surface area contributed by atoms with Crippen LogP contribution in [0.25, 0.3) is 0 Å². The average molecular weight is 332 g/mol. The fraction of sp³-hybridized carbons (Fsp3) is 0.722. The molecule has 0 unspecified atom stereocenters. The van der Waals surface area contributed by atoms with Crippen molar-refractivity contribution in [3.05, 3.63) is 18.7 Å². The number of likely N-dealkylation sites (tertiary alicyclic amines) is 2. The summed E-state index contributed by atoms with van der Waals surface area (Å²) in [4.78, 5) is 32.8. The van der Waals surface area contributed by atoms with Crippen LogP contribution >= 0.6 is 0 Å². The predicted octanol–water partition coefficient (Wildman–Crippen LogP) is 1.77. The molecule has 3 heterocycles. The monoisotopic (exact) mass is 332 g/mol. The van der Waals surface area contributed by atoms with E-state index in [1.165, 1.54) is 0 Å². The van der Waals surface area contributed by atoms with E-state index in [9.17, 15) is 9.59 Å². The lowest BCUT2D eigenvalue weighted by Crippen LogP contribution is -2.57. The van der Waals surface area contributed by atoms with E-state index in [2.05, 4.69) is 14.5 Å². The third-order valence-corrected chi connectivity index (χ3v) is 5.32. The van der Waals surface area contributed by atoms with Crippen LogP contribution in [0.4, 0.5) is 0 Å². The zero-order chi connectivity index (χ0) is 17.1. The van der Waals surface area contributed by atoms with E-state index >= 15 is 0 Å². The van der Waals surface area contributed by atoms with Crippen molar-refractivity contribution in [2.75, 3.05) is 19.6 Å². The van der Waals surface area contributed by atoms with E-state index in [4.69, 9.17) is 0 Å². The van der Waals surface area contributed by atoms with E-state index < -0.39 is 0 Å². The van der Waals surface area contributed by atoms with Crippen molar-refractivity contribution < 1.29 is 9.59 Å². The van der Waals surface area contributed by atoms with Crippen LogP contribution in [0.15, 0.2) is 18.7 Å². The number of imidazole rings is 1. The van der Waals surface area contributed by atoms with Crippen LogP contribution in [0, 0.1) is 11.8 Å². The molecule has 2 amide bonds. The molecule has 0 bridgehead atoms. The van der Waals surface area contributed by atoms with Crippen molar-refractivity contribution in [3.8, 4) is 0 Å². The standard InChI is InChI=1S/C18H28N4O2/c1-14(2)18(24)21-10-6-16-15(12-21)4-5-17(23)22(16)9-3-8-20-11-7-19-13-20/h7,11,13-16H,3-6,8-10,12H2,1-2H3/t15-,16+/m0/s1. The molecular weight excluding hydrogens is 304 g/mol. The molecule has 6 heteroatoms. The molecule has 132 valence electrons. The zero-order valence-corrected chi connectivity index (χ0v) is 14.7. The summed E-state index contributed by atoms with van der Waals surface area (Å²) in [6.45, 7) is 7.20. The number of fused-ring (bicyclic) bond motifs is 1. The maximum atomic E-state index is 12.4. The van der Waals surface area contributed by atoms with Crippen LogP contribution in [0.3, 0.4) is 0 Å². The summed E-state index contributed by atoms with van der Waals surface area (Å²) >= 11 is 0. The van der Waals surface area contributed by atoms with Gasteiger partial charge in [0.15, 0.2) is 0 Å². The molecule has 2 atom stereocenters. The minimum atomic E-state index is 0.0538. The summed E-state index contributed by atoms with van der Waals surface area (Å²) in [7, 11) is 0. The summed E-state index contributed by atoms with van der Waals surface area (Å²) in [5.41, 5.74) is 0. The molecular formula is C18H28N4O2. The first-order chi connectivity index (χ1) is 11.6. The molecule has 24 heavy (non-hydrogen) atoms. The first kappa shape index (κ1) is 17.0. The maximum Gasteiger partial charge on any atom is 0.225 e. The molecule has 2 aliphatic rings. The van der Waals surface area contributed by atoms with Crippen molar-refractivity contribution in [1.29, 1.82) is 0 Å². The molecule has 3 rings (SSSR count). The maximum absolute atomic E-state index is 12.4. The normalized spacial score (nSPS) is 24.4. The minimum absolute atomic E-state index is 0.0538. The predicted molar refractivity (Wildman–Crippen MR) is 91.1 cm³/mol. The van der Waals surface area contributed by atoms with Crippen molar-refractivity contribution in [2.24, 2.45) is 11.8 Å². The number of carbonyl (C=O) groups excluding carboxylic acids is 2. The number of aromatic nitrogens is 2. The van der Waals surface area contributed by atoms with E-state index in [-0.39, 0.29) is 17.7 Å². The summed E-state index contributed by atoms with van der Waals surface area (Å²) in [6.07, 6.45) is 8.95. The SMILES string of the molecule is CC(C)C(=O)N1CC[C@@H]2[C@@H](CCC(=O)N2CCCn2ccnc2)C1. The van der Waals surface area contributed by atoms with Gasteiger partial charge in [0.05, 0.1) is 6.33 Å².